The van der Waals surface area contributed by atoms with Gasteiger partial charge in [0, 0.05) is 11.8 Å². The van der Waals surface area contributed by atoms with E-state index in [0.717, 1.165) is 29.4 Å². The van der Waals surface area contributed by atoms with E-state index in [4.69, 9.17) is 4.74 Å². The van der Waals surface area contributed by atoms with E-state index in [2.05, 4.69) is 18.5 Å². The third kappa shape index (κ3) is 2.87. The Kier molecular flexibility index (Phi) is 3.82. The summed E-state index contributed by atoms with van der Waals surface area (Å²) in [5, 5.41) is 0. The number of hydrogen-bond acceptors (Lipinski definition) is 2. The highest BCUT2D eigenvalue weighted by Gasteiger charge is 2.25. The maximum Gasteiger partial charge on any atom is 0.221 e. The van der Waals surface area contributed by atoms with E-state index >= 15 is 0 Å². The van der Waals surface area contributed by atoms with Crippen molar-refractivity contribution in [1.82, 2.24) is 4.98 Å². The van der Waals surface area contributed by atoms with Gasteiger partial charge in [-0.25, -0.2) is 4.98 Å². The second kappa shape index (κ2) is 5.35. The summed E-state index contributed by atoms with van der Waals surface area (Å²) < 4.78 is 6.03. The topological polar surface area (TPSA) is 22.1 Å². The molecule has 1 heterocycles. The minimum atomic E-state index is 0.341. The molecule has 0 spiro atoms. The van der Waals surface area contributed by atoms with Gasteiger partial charge in [-0.1, -0.05) is 19.9 Å². The SMILES string of the molecule is C=C(C)c1cccnc1O[C@@H]1CC[C@H](CC)C1. The highest BCUT2D eigenvalue weighted by atomic mass is 16.5. The average Bonchev–Trinajstić information content (AvgIpc) is 2.77. The highest BCUT2D eigenvalue weighted by molar-refractivity contribution is 5.65. The fourth-order valence-electron chi connectivity index (χ4n) is 2.47. The van der Waals surface area contributed by atoms with Crippen LogP contribution in [0.15, 0.2) is 24.9 Å². The molecule has 0 N–H and O–H groups in total. The summed E-state index contributed by atoms with van der Waals surface area (Å²) in [6.07, 6.45) is 7.00. The molecule has 0 amide bonds. The molecule has 1 aromatic heterocycles. The number of aromatic nitrogens is 1. The lowest BCUT2D eigenvalue weighted by Crippen LogP contribution is -2.14. The first-order valence-corrected chi connectivity index (χ1v) is 6.48. The number of rotatable bonds is 4. The largest absolute Gasteiger partial charge is 0.474 e. The van der Waals surface area contributed by atoms with Gasteiger partial charge in [-0.3, -0.25) is 0 Å². The quantitative estimate of drug-likeness (QED) is 0.779. The van der Waals surface area contributed by atoms with Gasteiger partial charge >= 0.3 is 0 Å². The fourth-order valence-corrected chi connectivity index (χ4v) is 2.47. The summed E-state index contributed by atoms with van der Waals surface area (Å²) >= 11 is 0. The van der Waals surface area contributed by atoms with Gasteiger partial charge in [-0.15, -0.1) is 0 Å². The van der Waals surface area contributed by atoms with Crippen LogP contribution in [0, 0.1) is 5.92 Å². The maximum absolute atomic E-state index is 6.03. The first-order valence-electron chi connectivity index (χ1n) is 6.48. The van der Waals surface area contributed by atoms with Crippen molar-refractivity contribution in [3.63, 3.8) is 0 Å². The minimum Gasteiger partial charge on any atom is -0.474 e. The Labute approximate surface area is 104 Å². The van der Waals surface area contributed by atoms with Gasteiger partial charge < -0.3 is 4.74 Å². The number of hydrogen-bond donors (Lipinski definition) is 0. The zero-order chi connectivity index (χ0) is 12.3. The van der Waals surface area contributed by atoms with E-state index in [-0.39, 0.29) is 0 Å². The molecule has 2 rings (SSSR count). The van der Waals surface area contributed by atoms with E-state index in [1.807, 2.05) is 19.1 Å². The third-order valence-electron chi connectivity index (χ3n) is 3.58. The Morgan fingerprint density at radius 3 is 3.00 bits per heavy atom. The molecule has 1 aromatic rings. The van der Waals surface area contributed by atoms with Gasteiger partial charge in [-0.05, 0) is 49.8 Å². The van der Waals surface area contributed by atoms with Crippen molar-refractivity contribution < 1.29 is 4.74 Å². The highest BCUT2D eigenvalue weighted by Crippen LogP contribution is 2.32. The predicted molar refractivity (Wildman–Crippen MR) is 71.0 cm³/mol. The van der Waals surface area contributed by atoms with Crippen molar-refractivity contribution in [1.29, 1.82) is 0 Å². The van der Waals surface area contributed by atoms with Crippen molar-refractivity contribution >= 4 is 5.57 Å². The Morgan fingerprint density at radius 2 is 2.35 bits per heavy atom. The molecular weight excluding hydrogens is 210 g/mol. The molecule has 0 aliphatic heterocycles. The molecule has 1 aliphatic carbocycles. The van der Waals surface area contributed by atoms with Crippen molar-refractivity contribution in [3.8, 4) is 5.88 Å². The summed E-state index contributed by atoms with van der Waals surface area (Å²) in [7, 11) is 0. The van der Waals surface area contributed by atoms with Gasteiger partial charge in [0.25, 0.3) is 0 Å². The van der Waals surface area contributed by atoms with Gasteiger partial charge in [0.05, 0.1) is 0 Å². The van der Waals surface area contributed by atoms with E-state index in [0.29, 0.717) is 6.10 Å². The number of pyridine rings is 1. The molecule has 0 saturated heterocycles. The number of nitrogens with zero attached hydrogens (tertiary/aromatic N) is 1. The normalized spacial score (nSPS) is 23.6. The predicted octanol–water partition coefficient (Wildman–Crippen LogP) is 4.07. The van der Waals surface area contributed by atoms with Crippen molar-refractivity contribution in [2.45, 2.75) is 45.6 Å². The van der Waals surface area contributed by atoms with Crippen LogP contribution in [0.25, 0.3) is 5.57 Å². The fraction of sp³-hybridized carbons (Fsp3) is 0.533. The van der Waals surface area contributed by atoms with Gasteiger partial charge in [-0.2, -0.15) is 0 Å². The molecule has 2 heteroatoms. The van der Waals surface area contributed by atoms with Crippen molar-refractivity contribution in [3.05, 3.63) is 30.5 Å². The lowest BCUT2D eigenvalue weighted by atomic mass is 10.1. The van der Waals surface area contributed by atoms with Crippen molar-refractivity contribution in [2.75, 3.05) is 0 Å². The molecular formula is C15H21NO. The van der Waals surface area contributed by atoms with Gasteiger partial charge in [0.15, 0.2) is 0 Å². The molecule has 92 valence electrons. The first kappa shape index (κ1) is 12.2. The van der Waals surface area contributed by atoms with Crippen LogP contribution in [0.3, 0.4) is 0 Å². The second-order valence-corrected chi connectivity index (χ2v) is 4.96. The van der Waals surface area contributed by atoms with Gasteiger partial charge in [0.2, 0.25) is 5.88 Å². The molecule has 1 fully saturated rings. The molecule has 0 aromatic carbocycles. The van der Waals surface area contributed by atoms with Crippen LogP contribution >= 0.6 is 0 Å². The van der Waals surface area contributed by atoms with Crippen molar-refractivity contribution in [2.24, 2.45) is 5.92 Å². The summed E-state index contributed by atoms with van der Waals surface area (Å²) in [6.45, 7) is 8.22. The third-order valence-corrected chi connectivity index (χ3v) is 3.58. The summed E-state index contributed by atoms with van der Waals surface area (Å²) in [5.41, 5.74) is 2.05. The number of ether oxygens (including phenoxy) is 1. The van der Waals surface area contributed by atoms with Crippen LogP contribution in [0.4, 0.5) is 0 Å². The number of allylic oxidation sites excluding steroid dienone is 1. The lowest BCUT2D eigenvalue weighted by Gasteiger charge is -2.15. The molecule has 17 heavy (non-hydrogen) atoms. The average molecular weight is 231 g/mol. The lowest BCUT2D eigenvalue weighted by molar-refractivity contribution is 0.195. The monoisotopic (exact) mass is 231 g/mol. The van der Waals surface area contributed by atoms with E-state index in [9.17, 15) is 0 Å². The first-order chi connectivity index (χ1) is 8.20. The van der Waals surface area contributed by atoms with Crippen LogP contribution in [-0.2, 0) is 0 Å². The smallest absolute Gasteiger partial charge is 0.221 e. The molecule has 0 bridgehead atoms. The molecule has 0 unspecified atom stereocenters. The molecule has 2 atom stereocenters. The minimum absolute atomic E-state index is 0.341. The Morgan fingerprint density at radius 1 is 1.53 bits per heavy atom. The van der Waals surface area contributed by atoms with Crippen LogP contribution in [0.2, 0.25) is 0 Å². The zero-order valence-electron chi connectivity index (χ0n) is 10.8. The van der Waals surface area contributed by atoms with Crippen LogP contribution in [0.1, 0.15) is 45.1 Å². The Hall–Kier alpha value is -1.31. The maximum atomic E-state index is 6.03. The molecule has 2 nitrogen and oxygen atoms in total. The Balaban J connectivity index is 2.06. The second-order valence-electron chi connectivity index (χ2n) is 4.96. The zero-order valence-corrected chi connectivity index (χ0v) is 10.8. The molecule has 1 aliphatic rings. The van der Waals surface area contributed by atoms with Crippen LogP contribution in [0.5, 0.6) is 5.88 Å². The Bertz CT molecular complexity index is 400. The standard InChI is InChI=1S/C15H21NO/c1-4-12-7-8-13(10-12)17-15-14(11(2)3)6-5-9-16-15/h5-6,9,12-13H,2,4,7-8,10H2,1,3H3/t12-,13+/m0/s1. The van der Waals surface area contributed by atoms with E-state index < -0.39 is 0 Å². The van der Waals surface area contributed by atoms with E-state index in [1.54, 1.807) is 6.20 Å². The summed E-state index contributed by atoms with van der Waals surface area (Å²) in [6, 6.07) is 3.96. The van der Waals surface area contributed by atoms with Crippen LogP contribution < -0.4 is 4.74 Å². The molecule has 1 saturated carbocycles. The molecule has 0 radical (unpaired) electrons. The summed E-state index contributed by atoms with van der Waals surface area (Å²) in [4.78, 5) is 4.33. The van der Waals surface area contributed by atoms with Crippen LogP contribution in [-0.4, -0.2) is 11.1 Å². The summed E-state index contributed by atoms with van der Waals surface area (Å²) in [5.74, 6) is 1.58. The van der Waals surface area contributed by atoms with E-state index in [1.165, 1.54) is 19.3 Å². The van der Waals surface area contributed by atoms with Gasteiger partial charge in [0.1, 0.15) is 6.10 Å².